The van der Waals surface area contributed by atoms with Crippen molar-refractivity contribution in [3.05, 3.63) is 48.3 Å². The maximum Gasteiger partial charge on any atom is 0.220 e. The Morgan fingerprint density at radius 3 is 2.61 bits per heavy atom. The zero-order valence-electron chi connectivity index (χ0n) is 14.3. The average Bonchev–Trinajstić information content (AvgIpc) is 3.01. The molecular weight excluding hydrogens is 286 g/mol. The Morgan fingerprint density at radius 2 is 1.91 bits per heavy atom. The molecule has 0 saturated heterocycles. The highest BCUT2D eigenvalue weighted by Crippen LogP contribution is 2.10. The van der Waals surface area contributed by atoms with Crippen LogP contribution in [0, 0.1) is 5.92 Å². The largest absolute Gasteiger partial charge is 0.354 e. The molecule has 1 aromatic heterocycles. The van der Waals surface area contributed by atoms with E-state index in [1.54, 1.807) is 0 Å². The lowest BCUT2D eigenvalue weighted by atomic mass is 10.0. The number of carbonyl (C=O) groups is 1. The maximum atomic E-state index is 12.0. The van der Waals surface area contributed by atoms with Gasteiger partial charge >= 0.3 is 0 Å². The summed E-state index contributed by atoms with van der Waals surface area (Å²) in [6.07, 6.45) is 7.23. The highest BCUT2D eigenvalue weighted by atomic mass is 16.1. The SMILES string of the molecule is CC(C)CCC(C)NC(=O)CCc1cnn(-c2ccccc2)c1. The topological polar surface area (TPSA) is 46.9 Å². The summed E-state index contributed by atoms with van der Waals surface area (Å²) in [6.45, 7) is 6.49. The number of rotatable bonds is 8. The number of carbonyl (C=O) groups excluding carboxylic acids is 1. The summed E-state index contributed by atoms with van der Waals surface area (Å²) in [4.78, 5) is 12.0. The molecule has 4 nitrogen and oxygen atoms in total. The number of hydrogen-bond acceptors (Lipinski definition) is 2. The van der Waals surface area contributed by atoms with E-state index in [1.807, 2.05) is 47.4 Å². The Hall–Kier alpha value is -2.10. The minimum absolute atomic E-state index is 0.119. The van der Waals surface area contributed by atoms with E-state index in [0.29, 0.717) is 12.3 Å². The molecule has 1 heterocycles. The summed E-state index contributed by atoms with van der Waals surface area (Å²) in [7, 11) is 0. The smallest absolute Gasteiger partial charge is 0.220 e. The first kappa shape index (κ1) is 17.3. The second kappa shape index (κ2) is 8.51. The summed E-state index contributed by atoms with van der Waals surface area (Å²) in [5, 5.41) is 7.44. The number of benzene rings is 1. The van der Waals surface area contributed by atoms with Gasteiger partial charge in [-0.1, -0.05) is 32.0 Å². The molecule has 0 spiro atoms. The van der Waals surface area contributed by atoms with E-state index in [1.165, 1.54) is 0 Å². The van der Waals surface area contributed by atoms with Gasteiger partial charge in [0.1, 0.15) is 0 Å². The van der Waals surface area contributed by atoms with Crippen molar-refractivity contribution < 1.29 is 4.79 Å². The molecule has 0 radical (unpaired) electrons. The van der Waals surface area contributed by atoms with Gasteiger partial charge in [0, 0.05) is 18.7 Å². The Kier molecular flexibility index (Phi) is 6.39. The number of nitrogens with one attached hydrogen (secondary N) is 1. The minimum atomic E-state index is 0.119. The van der Waals surface area contributed by atoms with Crippen LogP contribution in [-0.4, -0.2) is 21.7 Å². The van der Waals surface area contributed by atoms with Crippen molar-refractivity contribution in [2.45, 2.75) is 52.5 Å². The highest BCUT2D eigenvalue weighted by Gasteiger charge is 2.09. The summed E-state index contributed by atoms with van der Waals surface area (Å²) in [5.41, 5.74) is 2.12. The van der Waals surface area contributed by atoms with Gasteiger partial charge in [0.25, 0.3) is 0 Å². The fourth-order valence-corrected chi connectivity index (χ4v) is 2.47. The van der Waals surface area contributed by atoms with E-state index >= 15 is 0 Å². The van der Waals surface area contributed by atoms with Gasteiger partial charge in [-0.2, -0.15) is 5.10 Å². The Labute approximate surface area is 138 Å². The first-order valence-electron chi connectivity index (χ1n) is 8.43. The zero-order chi connectivity index (χ0) is 16.7. The molecule has 0 aliphatic rings. The van der Waals surface area contributed by atoms with Gasteiger partial charge in [0.15, 0.2) is 0 Å². The van der Waals surface area contributed by atoms with Gasteiger partial charge in [-0.05, 0) is 49.8 Å². The zero-order valence-corrected chi connectivity index (χ0v) is 14.3. The van der Waals surface area contributed by atoms with E-state index in [0.717, 1.165) is 30.5 Å². The van der Waals surface area contributed by atoms with E-state index < -0.39 is 0 Å². The maximum absolute atomic E-state index is 12.0. The molecule has 1 amide bonds. The van der Waals surface area contributed by atoms with Crippen LogP contribution < -0.4 is 5.32 Å². The number of hydrogen-bond donors (Lipinski definition) is 1. The number of para-hydroxylation sites is 1. The third-order valence-electron chi connectivity index (χ3n) is 3.88. The fraction of sp³-hybridized carbons (Fsp3) is 0.474. The lowest BCUT2D eigenvalue weighted by Crippen LogP contribution is -2.32. The van der Waals surface area contributed by atoms with Crippen LogP contribution in [0.2, 0.25) is 0 Å². The van der Waals surface area contributed by atoms with Crippen molar-refractivity contribution in [3.63, 3.8) is 0 Å². The molecule has 1 N–H and O–H groups in total. The summed E-state index contributed by atoms with van der Waals surface area (Å²) in [6, 6.07) is 10.2. The lowest BCUT2D eigenvalue weighted by molar-refractivity contribution is -0.121. The quantitative estimate of drug-likeness (QED) is 0.807. The number of aromatic nitrogens is 2. The first-order chi connectivity index (χ1) is 11.0. The molecule has 0 aliphatic heterocycles. The van der Waals surface area contributed by atoms with Crippen molar-refractivity contribution in [2.75, 3.05) is 0 Å². The normalized spacial score (nSPS) is 12.3. The summed E-state index contributed by atoms with van der Waals surface area (Å²) in [5.74, 6) is 0.798. The summed E-state index contributed by atoms with van der Waals surface area (Å²) < 4.78 is 1.85. The Balaban J connectivity index is 1.78. The molecule has 0 aliphatic carbocycles. The van der Waals surface area contributed by atoms with Crippen LogP contribution in [0.25, 0.3) is 5.69 Å². The standard InChI is InChI=1S/C19H27N3O/c1-15(2)9-10-16(3)21-19(23)12-11-17-13-20-22(14-17)18-7-5-4-6-8-18/h4-8,13-16H,9-12H2,1-3H3,(H,21,23). The molecule has 0 saturated carbocycles. The molecule has 1 unspecified atom stereocenters. The van der Waals surface area contributed by atoms with Gasteiger partial charge in [0.05, 0.1) is 11.9 Å². The second-order valence-corrected chi connectivity index (χ2v) is 6.57. The third kappa shape index (κ3) is 5.89. The van der Waals surface area contributed by atoms with Gasteiger partial charge in [-0.3, -0.25) is 4.79 Å². The molecule has 2 aromatic rings. The molecule has 23 heavy (non-hydrogen) atoms. The van der Waals surface area contributed by atoms with Crippen molar-refractivity contribution >= 4 is 5.91 Å². The molecule has 1 aromatic carbocycles. The van der Waals surface area contributed by atoms with Gasteiger partial charge < -0.3 is 5.32 Å². The second-order valence-electron chi connectivity index (χ2n) is 6.57. The van der Waals surface area contributed by atoms with Crippen molar-refractivity contribution in [3.8, 4) is 5.69 Å². The van der Waals surface area contributed by atoms with Crippen LogP contribution in [0.15, 0.2) is 42.7 Å². The van der Waals surface area contributed by atoms with Crippen LogP contribution in [0.5, 0.6) is 0 Å². The minimum Gasteiger partial charge on any atom is -0.354 e. The molecule has 0 bridgehead atoms. The fourth-order valence-electron chi connectivity index (χ4n) is 2.47. The predicted molar refractivity (Wildman–Crippen MR) is 93.6 cm³/mol. The Bertz CT molecular complexity index is 604. The van der Waals surface area contributed by atoms with Crippen LogP contribution in [-0.2, 0) is 11.2 Å². The third-order valence-corrected chi connectivity index (χ3v) is 3.88. The predicted octanol–water partition coefficient (Wildman–Crippen LogP) is 3.75. The van der Waals surface area contributed by atoms with Crippen LogP contribution in [0.4, 0.5) is 0 Å². The monoisotopic (exact) mass is 313 g/mol. The van der Waals surface area contributed by atoms with Crippen LogP contribution in [0.3, 0.4) is 0 Å². The molecule has 2 rings (SSSR count). The molecule has 124 valence electrons. The van der Waals surface area contributed by atoms with E-state index in [2.05, 4.69) is 31.2 Å². The van der Waals surface area contributed by atoms with Crippen molar-refractivity contribution in [1.29, 1.82) is 0 Å². The molecule has 4 heteroatoms. The highest BCUT2D eigenvalue weighted by molar-refractivity contribution is 5.76. The number of amides is 1. The summed E-state index contributed by atoms with van der Waals surface area (Å²) >= 11 is 0. The molecular formula is C19H27N3O. The van der Waals surface area contributed by atoms with Gasteiger partial charge in [-0.25, -0.2) is 4.68 Å². The van der Waals surface area contributed by atoms with E-state index in [-0.39, 0.29) is 11.9 Å². The molecule has 1 atom stereocenters. The van der Waals surface area contributed by atoms with Crippen LogP contribution >= 0.6 is 0 Å². The van der Waals surface area contributed by atoms with Crippen molar-refractivity contribution in [2.24, 2.45) is 5.92 Å². The average molecular weight is 313 g/mol. The van der Waals surface area contributed by atoms with E-state index in [9.17, 15) is 4.79 Å². The number of nitrogens with zero attached hydrogens (tertiary/aromatic N) is 2. The van der Waals surface area contributed by atoms with Crippen LogP contribution in [0.1, 0.15) is 45.6 Å². The van der Waals surface area contributed by atoms with Gasteiger partial charge in [0.2, 0.25) is 5.91 Å². The Morgan fingerprint density at radius 1 is 1.17 bits per heavy atom. The number of aryl methyl sites for hydroxylation is 1. The van der Waals surface area contributed by atoms with Gasteiger partial charge in [-0.15, -0.1) is 0 Å². The lowest BCUT2D eigenvalue weighted by Gasteiger charge is -2.14. The molecule has 0 fully saturated rings. The van der Waals surface area contributed by atoms with E-state index in [4.69, 9.17) is 0 Å². The first-order valence-corrected chi connectivity index (χ1v) is 8.43. The van der Waals surface area contributed by atoms with Crippen molar-refractivity contribution in [1.82, 2.24) is 15.1 Å².